The Morgan fingerprint density at radius 2 is 1.95 bits per heavy atom. The van der Waals surface area contributed by atoms with E-state index < -0.39 is 30.4 Å². The van der Waals surface area contributed by atoms with E-state index in [4.69, 9.17) is 9.72 Å². The number of hydrogen-bond acceptors (Lipinski definition) is 7. The van der Waals surface area contributed by atoms with Crippen molar-refractivity contribution in [3.63, 3.8) is 0 Å². The number of carboxylic acid groups (broad SMARTS) is 1. The third kappa shape index (κ3) is 9.10. The van der Waals surface area contributed by atoms with Crippen molar-refractivity contribution in [3.05, 3.63) is 59.3 Å². The highest BCUT2D eigenvalue weighted by Gasteiger charge is 2.26. The quantitative estimate of drug-likeness (QED) is 0.253. The monoisotopic (exact) mass is 512 g/mol. The highest BCUT2D eigenvalue weighted by Crippen LogP contribution is 2.20. The molecule has 0 radical (unpaired) electrons. The molecule has 0 fully saturated rings. The second-order valence-corrected chi connectivity index (χ2v) is 9.47. The van der Waals surface area contributed by atoms with Crippen LogP contribution >= 0.6 is 0 Å². The second kappa shape index (κ2) is 15.3. The van der Waals surface area contributed by atoms with Gasteiger partial charge in [0.1, 0.15) is 11.9 Å². The smallest absolute Gasteiger partial charge is 0.326 e. The number of carbonyl (C=O) groups excluding carboxylic acids is 1. The van der Waals surface area contributed by atoms with Gasteiger partial charge in [-0.15, -0.1) is 0 Å². The molecule has 37 heavy (non-hydrogen) atoms. The number of nitrogens with one attached hydrogen (secondary N) is 2. The molecule has 0 saturated carbocycles. The maximum Gasteiger partial charge on any atom is 0.326 e. The summed E-state index contributed by atoms with van der Waals surface area (Å²) < 4.78 is 5.24. The van der Waals surface area contributed by atoms with E-state index in [1.807, 2.05) is 6.07 Å². The Morgan fingerprint density at radius 1 is 1.14 bits per heavy atom. The highest BCUT2D eigenvalue weighted by atomic mass is 16.5. The van der Waals surface area contributed by atoms with Gasteiger partial charge in [0.05, 0.1) is 19.1 Å². The zero-order chi connectivity index (χ0) is 26.5. The number of ether oxygens (including phenoxy) is 1. The number of amides is 1. The molecular weight excluding hydrogens is 472 g/mol. The Labute approximate surface area is 219 Å². The van der Waals surface area contributed by atoms with Crippen LogP contribution in [0.25, 0.3) is 0 Å². The molecule has 2 atom stereocenters. The van der Waals surface area contributed by atoms with Crippen molar-refractivity contribution in [2.24, 2.45) is 0 Å². The number of unbranched alkanes of at least 4 members (excludes halogenated alkanes) is 1. The minimum atomic E-state index is -1.09. The van der Waals surface area contributed by atoms with Gasteiger partial charge in [-0.05, 0) is 62.3 Å². The normalized spacial score (nSPS) is 14.5. The van der Waals surface area contributed by atoms with E-state index in [2.05, 4.69) is 27.7 Å². The molecular formula is C28H40N4O5. The lowest BCUT2D eigenvalue weighted by molar-refractivity contribution is -0.142. The maximum atomic E-state index is 12.8. The van der Waals surface area contributed by atoms with Crippen LogP contribution in [0.2, 0.25) is 0 Å². The van der Waals surface area contributed by atoms with Gasteiger partial charge >= 0.3 is 5.97 Å². The number of methoxy groups -OCH3 is 1. The fourth-order valence-corrected chi connectivity index (χ4v) is 4.57. The van der Waals surface area contributed by atoms with Crippen LogP contribution in [0.15, 0.2) is 42.5 Å². The van der Waals surface area contributed by atoms with Crippen molar-refractivity contribution in [2.45, 2.75) is 50.5 Å². The van der Waals surface area contributed by atoms with E-state index in [1.165, 1.54) is 5.56 Å². The van der Waals surface area contributed by atoms with E-state index in [0.29, 0.717) is 25.3 Å². The third-order valence-electron chi connectivity index (χ3n) is 6.77. The number of carboxylic acids is 1. The van der Waals surface area contributed by atoms with Crippen molar-refractivity contribution in [1.29, 1.82) is 0 Å². The maximum absolute atomic E-state index is 12.8. The number of carbonyl (C=O) groups is 2. The van der Waals surface area contributed by atoms with Crippen LogP contribution in [-0.2, 0) is 27.2 Å². The lowest BCUT2D eigenvalue weighted by atomic mass is 9.98. The number of pyridine rings is 1. The predicted octanol–water partition coefficient (Wildman–Crippen LogP) is 2.45. The summed E-state index contributed by atoms with van der Waals surface area (Å²) in [6.07, 6.45) is 5.30. The molecule has 0 saturated heterocycles. The van der Waals surface area contributed by atoms with Gasteiger partial charge in [-0.3, -0.25) is 4.79 Å². The van der Waals surface area contributed by atoms with Gasteiger partial charge < -0.3 is 30.5 Å². The highest BCUT2D eigenvalue weighted by molar-refractivity contribution is 5.88. The van der Waals surface area contributed by atoms with Crippen molar-refractivity contribution in [1.82, 2.24) is 15.2 Å². The van der Waals surface area contributed by atoms with Crippen LogP contribution in [0.3, 0.4) is 0 Å². The minimum absolute atomic E-state index is 0.260. The molecule has 202 valence electrons. The molecule has 1 aromatic carbocycles. The number of nitrogens with zero attached hydrogens (tertiary/aromatic N) is 2. The molecule has 2 heterocycles. The zero-order valence-corrected chi connectivity index (χ0v) is 21.7. The lowest BCUT2D eigenvalue weighted by Gasteiger charge is -2.25. The molecule has 0 bridgehead atoms. The van der Waals surface area contributed by atoms with E-state index in [0.717, 1.165) is 56.7 Å². The summed E-state index contributed by atoms with van der Waals surface area (Å²) in [5.41, 5.74) is 3.02. The number of fused-ring (bicyclic) bond motifs is 1. The number of hydrogen-bond donors (Lipinski definition) is 4. The molecule has 2 aromatic rings. The van der Waals surface area contributed by atoms with Crippen LogP contribution in [0, 0.1) is 0 Å². The minimum Gasteiger partial charge on any atom is -0.480 e. The summed E-state index contributed by atoms with van der Waals surface area (Å²) in [6.45, 7) is 3.12. The number of rotatable bonds is 16. The van der Waals surface area contributed by atoms with Crippen molar-refractivity contribution >= 4 is 17.7 Å². The number of aliphatic hydroxyl groups is 1. The van der Waals surface area contributed by atoms with Crippen LogP contribution in [-0.4, -0.2) is 84.5 Å². The topological polar surface area (TPSA) is 124 Å². The SMILES string of the molecule is COCCN(CCCCc1ccc2c(n1)NCCC2)CCC(NC(=O)C(CO)c1ccccc1)C(=O)O. The standard InChI is InChI=1S/C28H40N4O5/c1-37-19-18-32(16-6-5-11-23-13-12-22-10-7-15-29-26(22)30-23)17-14-25(28(35)36)31-27(34)24(20-33)21-8-3-2-4-9-21/h2-4,8-9,12-13,24-25,33H,5-7,10-11,14-20H2,1H3,(H,29,30)(H,31,34)(H,35,36). The third-order valence-corrected chi connectivity index (χ3v) is 6.77. The Bertz CT molecular complexity index is 988. The second-order valence-electron chi connectivity index (χ2n) is 9.47. The summed E-state index contributed by atoms with van der Waals surface area (Å²) >= 11 is 0. The number of aryl methyl sites for hydroxylation is 2. The average Bonchev–Trinajstić information content (AvgIpc) is 2.92. The molecule has 1 aliphatic rings. The lowest BCUT2D eigenvalue weighted by Crippen LogP contribution is -2.45. The number of aliphatic carboxylic acids is 1. The zero-order valence-electron chi connectivity index (χ0n) is 21.7. The van der Waals surface area contributed by atoms with Gasteiger partial charge in [-0.2, -0.15) is 0 Å². The van der Waals surface area contributed by atoms with Crippen molar-refractivity contribution in [2.75, 3.05) is 51.8 Å². The van der Waals surface area contributed by atoms with Gasteiger partial charge in [0.2, 0.25) is 5.91 Å². The van der Waals surface area contributed by atoms with E-state index in [9.17, 15) is 19.8 Å². The molecule has 0 aliphatic carbocycles. The fraction of sp³-hybridized carbons (Fsp3) is 0.536. The Hall–Kier alpha value is -3.01. The van der Waals surface area contributed by atoms with Crippen molar-refractivity contribution in [3.8, 4) is 0 Å². The van der Waals surface area contributed by atoms with Gasteiger partial charge in [0, 0.05) is 32.4 Å². The van der Waals surface area contributed by atoms with Crippen LogP contribution < -0.4 is 10.6 Å². The summed E-state index contributed by atoms with van der Waals surface area (Å²) in [6, 6.07) is 12.1. The molecule has 9 nitrogen and oxygen atoms in total. The first-order valence-electron chi connectivity index (χ1n) is 13.1. The van der Waals surface area contributed by atoms with Crippen LogP contribution in [0.5, 0.6) is 0 Å². The molecule has 1 aliphatic heterocycles. The summed E-state index contributed by atoms with van der Waals surface area (Å²) in [5.74, 6) is -1.36. The van der Waals surface area contributed by atoms with Gasteiger partial charge in [0.25, 0.3) is 0 Å². The number of benzene rings is 1. The Balaban J connectivity index is 1.49. The molecule has 1 aromatic heterocycles. The molecule has 2 unspecified atom stereocenters. The number of aliphatic hydroxyl groups excluding tert-OH is 1. The molecule has 4 N–H and O–H groups in total. The fourth-order valence-electron chi connectivity index (χ4n) is 4.57. The molecule has 0 spiro atoms. The summed E-state index contributed by atoms with van der Waals surface area (Å²) in [5, 5.41) is 25.5. The first-order chi connectivity index (χ1) is 18.0. The van der Waals surface area contributed by atoms with E-state index in [-0.39, 0.29) is 6.42 Å². The predicted molar refractivity (Wildman–Crippen MR) is 143 cm³/mol. The van der Waals surface area contributed by atoms with Crippen molar-refractivity contribution < 1.29 is 24.5 Å². The summed E-state index contributed by atoms with van der Waals surface area (Å²) in [4.78, 5) is 31.6. The Kier molecular flexibility index (Phi) is 11.8. The summed E-state index contributed by atoms with van der Waals surface area (Å²) in [7, 11) is 1.65. The van der Waals surface area contributed by atoms with Gasteiger partial charge in [-0.25, -0.2) is 9.78 Å². The number of aromatic nitrogens is 1. The first-order valence-corrected chi connectivity index (χ1v) is 13.1. The number of anilines is 1. The van der Waals surface area contributed by atoms with Crippen LogP contribution in [0.4, 0.5) is 5.82 Å². The van der Waals surface area contributed by atoms with Gasteiger partial charge in [-0.1, -0.05) is 36.4 Å². The largest absolute Gasteiger partial charge is 0.480 e. The molecule has 9 heteroatoms. The Morgan fingerprint density at radius 3 is 2.68 bits per heavy atom. The van der Waals surface area contributed by atoms with E-state index in [1.54, 1.807) is 31.4 Å². The molecule has 1 amide bonds. The average molecular weight is 513 g/mol. The molecule has 3 rings (SSSR count). The van der Waals surface area contributed by atoms with Crippen LogP contribution in [0.1, 0.15) is 48.4 Å². The van der Waals surface area contributed by atoms with Gasteiger partial charge in [0.15, 0.2) is 0 Å². The first kappa shape index (κ1) is 28.6. The van der Waals surface area contributed by atoms with E-state index >= 15 is 0 Å².